The topological polar surface area (TPSA) is 30.5 Å². The highest BCUT2D eigenvalue weighted by Crippen LogP contribution is 2.37. The lowest BCUT2D eigenvalue weighted by Gasteiger charge is -2.36. The van der Waals surface area contributed by atoms with Gasteiger partial charge in [0.15, 0.2) is 0 Å². The summed E-state index contributed by atoms with van der Waals surface area (Å²) < 4.78 is 23.9. The van der Waals surface area contributed by atoms with Gasteiger partial charge < -0.3 is 14.8 Å². The number of benzene rings is 1. The van der Waals surface area contributed by atoms with E-state index >= 15 is 0 Å². The molecule has 1 aromatic carbocycles. The molecule has 1 aliphatic rings. The zero-order chi connectivity index (χ0) is 14.2. The first-order valence-corrected chi connectivity index (χ1v) is 7.35. The molecule has 1 fully saturated rings. The van der Waals surface area contributed by atoms with Crippen molar-refractivity contribution < 1.29 is 13.9 Å². The van der Waals surface area contributed by atoms with Gasteiger partial charge in [0.2, 0.25) is 0 Å². The third-order valence-electron chi connectivity index (χ3n) is 3.81. The van der Waals surface area contributed by atoms with Gasteiger partial charge in [0.05, 0.1) is 13.2 Å². The predicted molar refractivity (Wildman–Crippen MR) is 77.5 cm³/mol. The van der Waals surface area contributed by atoms with Crippen LogP contribution < -0.4 is 5.32 Å². The SMILES string of the molecule is COCCOCCCNC1CC(c2ccccc2F)C1. The molecule has 0 spiro atoms. The van der Waals surface area contributed by atoms with Crippen LogP contribution in [0.4, 0.5) is 4.39 Å². The van der Waals surface area contributed by atoms with Gasteiger partial charge >= 0.3 is 0 Å². The largest absolute Gasteiger partial charge is 0.382 e. The molecule has 0 radical (unpaired) electrons. The zero-order valence-electron chi connectivity index (χ0n) is 12.1. The van der Waals surface area contributed by atoms with Crippen LogP contribution in [0, 0.1) is 5.82 Å². The van der Waals surface area contributed by atoms with Crippen LogP contribution in [0.3, 0.4) is 0 Å². The fourth-order valence-electron chi connectivity index (χ4n) is 2.57. The molecular formula is C16H24FNO2. The Morgan fingerprint density at radius 3 is 2.75 bits per heavy atom. The van der Waals surface area contributed by atoms with Crippen LogP contribution in [-0.2, 0) is 9.47 Å². The highest BCUT2D eigenvalue weighted by atomic mass is 19.1. The average Bonchev–Trinajstić information content (AvgIpc) is 2.41. The van der Waals surface area contributed by atoms with Crippen molar-refractivity contribution in [1.29, 1.82) is 0 Å². The molecule has 0 heterocycles. The summed E-state index contributed by atoms with van der Waals surface area (Å²) in [7, 11) is 1.67. The van der Waals surface area contributed by atoms with E-state index in [1.54, 1.807) is 19.2 Å². The first-order valence-electron chi connectivity index (χ1n) is 7.35. The maximum Gasteiger partial charge on any atom is 0.126 e. The lowest BCUT2D eigenvalue weighted by molar-refractivity contribution is 0.0688. The first kappa shape index (κ1) is 15.4. The monoisotopic (exact) mass is 281 g/mol. The third kappa shape index (κ3) is 4.54. The van der Waals surface area contributed by atoms with Gasteiger partial charge in [-0.15, -0.1) is 0 Å². The molecule has 0 amide bonds. The van der Waals surface area contributed by atoms with Gasteiger partial charge in [-0.1, -0.05) is 18.2 Å². The van der Waals surface area contributed by atoms with Gasteiger partial charge in [0.25, 0.3) is 0 Å². The lowest BCUT2D eigenvalue weighted by atomic mass is 9.75. The minimum Gasteiger partial charge on any atom is -0.382 e. The molecule has 112 valence electrons. The van der Waals surface area contributed by atoms with E-state index in [2.05, 4.69) is 5.32 Å². The smallest absolute Gasteiger partial charge is 0.126 e. The Morgan fingerprint density at radius 2 is 2.00 bits per heavy atom. The molecule has 0 saturated heterocycles. The molecule has 20 heavy (non-hydrogen) atoms. The standard InChI is InChI=1S/C16H24FNO2/c1-19-9-10-20-8-4-7-18-14-11-13(12-14)15-5-2-3-6-16(15)17/h2-3,5-6,13-14,18H,4,7-12H2,1H3. The summed E-state index contributed by atoms with van der Waals surface area (Å²) in [5, 5.41) is 3.50. The number of rotatable bonds is 9. The fourth-order valence-corrected chi connectivity index (χ4v) is 2.57. The van der Waals surface area contributed by atoms with E-state index in [4.69, 9.17) is 9.47 Å². The second-order valence-electron chi connectivity index (χ2n) is 5.30. The van der Waals surface area contributed by atoms with Crippen molar-refractivity contribution in [3.8, 4) is 0 Å². The predicted octanol–water partition coefficient (Wildman–Crippen LogP) is 2.71. The molecule has 0 atom stereocenters. The summed E-state index contributed by atoms with van der Waals surface area (Å²) in [6.07, 6.45) is 3.07. The van der Waals surface area contributed by atoms with Gasteiger partial charge in [-0.3, -0.25) is 0 Å². The molecule has 1 N–H and O–H groups in total. The maximum absolute atomic E-state index is 13.6. The Balaban J connectivity index is 1.53. The van der Waals surface area contributed by atoms with Crippen LogP contribution >= 0.6 is 0 Å². The van der Waals surface area contributed by atoms with E-state index in [9.17, 15) is 4.39 Å². The molecule has 1 saturated carbocycles. The van der Waals surface area contributed by atoms with Crippen molar-refractivity contribution in [2.75, 3.05) is 33.5 Å². The van der Waals surface area contributed by atoms with E-state index in [0.29, 0.717) is 25.2 Å². The normalized spacial score (nSPS) is 21.7. The summed E-state index contributed by atoms with van der Waals surface area (Å²) in [6.45, 7) is 3.04. The summed E-state index contributed by atoms with van der Waals surface area (Å²) in [5.41, 5.74) is 0.869. The van der Waals surface area contributed by atoms with Gasteiger partial charge in [0, 0.05) is 19.8 Å². The first-order chi connectivity index (χ1) is 9.81. The summed E-state index contributed by atoms with van der Waals surface area (Å²) in [4.78, 5) is 0. The number of hydrogen-bond donors (Lipinski definition) is 1. The van der Waals surface area contributed by atoms with Crippen molar-refractivity contribution in [2.45, 2.75) is 31.2 Å². The van der Waals surface area contributed by atoms with Gasteiger partial charge in [0.1, 0.15) is 5.82 Å². The van der Waals surface area contributed by atoms with E-state index in [-0.39, 0.29) is 5.82 Å². The molecule has 4 heteroatoms. The Morgan fingerprint density at radius 1 is 1.20 bits per heavy atom. The summed E-state index contributed by atoms with van der Waals surface area (Å²) in [5.74, 6) is 0.314. The lowest BCUT2D eigenvalue weighted by Crippen LogP contribution is -2.41. The number of ether oxygens (including phenoxy) is 2. The molecule has 0 aromatic heterocycles. The average molecular weight is 281 g/mol. The van der Waals surface area contributed by atoms with Crippen LogP contribution in [0.25, 0.3) is 0 Å². The van der Waals surface area contributed by atoms with Gasteiger partial charge in [-0.05, 0) is 43.4 Å². The highest BCUT2D eigenvalue weighted by Gasteiger charge is 2.31. The molecular weight excluding hydrogens is 257 g/mol. The second-order valence-corrected chi connectivity index (χ2v) is 5.30. The maximum atomic E-state index is 13.6. The molecule has 1 aliphatic carbocycles. The third-order valence-corrected chi connectivity index (χ3v) is 3.81. The summed E-state index contributed by atoms with van der Waals surface area (Å²) in [6, 6.07) is 7.64. The van der Waals surface area contributed by atoms with Crippen LogP contribution in [0.2, 0.25) is 0 Å². The zero-order valence-corrected chi connectivity index (χ0v) is 12.1. The Hall–Kier alpha value is -0.970. The summed E-state index contributed by atoms with van der Waals surface area (Å²) >= 11 is 0. The van der Waals surface area contributed by atoms with Crippen LogP contribution in [0.15, 0.2) is 24.3 Å². The molecule has 2 rings (SSSR count). The van der Waals surface area contributed by atoms with Gasteiger partial charge in [-0.2, -0.15) is 0 Å². The quantitative estimate of drug-likeness (QED) is 0.706. The Kier molecular flexibility index (Phi) is 6.43. The van der Waals surface area contributed by atoms with E-state index < -0.39 is 0 Å². The minimum atomic E-state index is -0.0671. The Bertz CT molecular complexity index is 394. The molecule has 0 aliphatic heterocycles. The van der Waals surface area contributed by atoms with E-state index in [0.717, 1.165) is 38.0 Å². The number of hydrogen-bond acceptors (Lipinski definition) is 3. The molecule has 0 bridgehead atoms. The molecule has 0 unspecified atom stereocenters. The van der Waals surface area contributed by atoms with Crippen molar-refractivity contribution in [3.05, 3.63) is 35.6 Å². The number of methoxy groups -OCH3 is 1. The minimum absolute atomic E-state index is 0.0671. The highest BCUT2D eigenvalue weighted by molar-refractivity contribution is 5.24. The van der Waals surface area contributed by atoms with E-state index in [1.165, 1.54) is 0 Å². The fraction of sp³-hybridized carbons (Fsp3) is 0.625. The number of nitrogens with one attached hydrogen (secondary N) is 1. The van der Waals surface area contributed by atoms with E-state index in [1.807, 2.05) is 12.1 Å². The van der Waals surface area contributed by atoms with Crippen molar-refractivity contribution in [1.82, 2.24) is 5.32 Å². The molecule has 3 nitrogen and oxygen atoms in total. The van der Waals surface area contributed by atoms with Crippen LogP contribution in [-0.4, -0.2) is 39.5 Å². The van der Waals surface area contributed by atoms with Crippen LogP contribution in [0.5, 0.6) is 0 Å². The number of halogens is 1. The van der Waals surface area contributed by atoms with Crippen molar-refractivity contribution in [3.63, 3.8) is 0 Å². The van der Waals surface area contributed by atoms with Crippen LogP contribution in [0.1, 0.15) is 30.7 Å². The second kappa shape index (κ2) is 8.35. The van der Waals surface area contributed by atoms with Crippen molar-refractivity contribution >= 4 is 0 Å². The van der Waals surface area contributed by atoms with Gasteiger partial charge in [-0.25, -0.2) is 4.39 Å². The molecule has 1 aromatic rings. The van der Waals surface area contributed by atoms with Crippen molar-refractivity contribution in [2.24, 2.45) is 0 Å². The Labute approximate surface area is 120 Å².